The van der Waals surface area contributed by atoms with Gasteiger partial charge in [-0.15, -0.1) is 0 Å². The third-order valence-corrected chi connectivity index (χ3v) is 4.32. The van der Waals surface area contributed by atoms with E-state index in [0.717, 1.165) is 24.5 Å². The lowest BCUT2D eigenvalue weighted by Gasteiger charge is -2.32. The van der Waals surface area contributed by atoms with E-state index in [0.29, 0.717) is 6.54 Å². The molecule has 2 aromatic heterocycles. The van der Waals surface area contributed by atoms with Crippen molar-refractivity contribution in [3.63, 3.8) is 0 Å². The molecule has 0 spiro atoms. The van der Waals surface area contributed by atoms with Gasteiger partial charge in [0.1, 0.15) is 11.4 Å². The van der Waals surface area contributed by atoms with Gasteiger partial charge in [0.2, 0.25) is 0 Å². The van der Waals surface area contributed by atoms with Crippen LogP contribution in [0.5, 0.6) is 0 Å². The maximum Gasteiger partial charge on any atom is 0.260 e. The molecule has 1 N–H and O–H groups in total. The van der Waals surface area contributed by atoms with Crippen LogP contribution in [0.1, 0.15) is 48.2 Å². The van der Waals surface area contributed by atoms with E-state index in [-0.39, 0.29) is 29.0 Å². The summed E-state index contributed by atoms with van der Waals surface area (Å²) in [6, 6.07) is 3.25. The van der Waals surface area contributed by atoms with E-state index in [1.807, 2.05) is 6.20 Å². The third kappa shape index (κ3) is 2.81. The van der Waals surface area contributed by atoms with Crippen molar-refractivity contribution in [1.82, 2.24) is 19.4 Å². The topological polar surface area (TPSA) is 71.0 Å². The number of carbonyl (C=O) groups is 1. The normalized spacial score (nSPS) is 17.9. The second-order valence-electron chi connectivity index (χ2n) is 6.40. The quantitative estimate of drug-likeness (QED) is 0.923. The van der Waals surface area contributed by atoms with Crippen molar-refractivity contribution in [2.24, 2.45) is 5.92 Å². The predicted octanol–water partition coefficient (Wildman–Crippen LogP) is 2.12. The molecule has 0 aliphatic carbocycles. The second kappa shape index (κ2) is 6.02. The zero-order chi connectivity index (χ0) is 16.6. The van der Waals surface area contributed by atoms with E-state index in [4.69, 9.17) is 0 Å². The van der Waals surface area contributed by atoms with Crippen molar-refractivity contribution in [2.45, 2.75) is 39.8 Å². The van der Waals surface area contributed by atoms with Crippen LogP contribution < -0.4 is 5.56 Å². The Morgan fingerprint density at radius 3 is 2.83 bits per heavy atom. The van der Waals surface area contributed by atoms with Gasteiger partial charge in [-0.3, -0.25) is 9.59 Å². The average Bonchev–Trinajstić information content (AvgIpc) is 2.85. The number of hydrogen-bond acceptors (Lipinski definition) is 3. The molecule has 6 nitrogen and oxygen atoms in total. The third-order valence-electron chi connectivity index (χ3n) is 4.32. The highest BCUT2D eigenvalue weighted by molar-refractivity contribution is 5.94. The Morgan fingerprint density at radius 1 is 1.35 bits per heavy atom. The fourth-order valence-corrected chi connectivity index (χ4v) is 3.25. The van der Waals surface area contributed by atoms with Crippen LogP contribution in [0.3, 0.4) is 0 Å². The SMILES string of the molecule is Cc1ccc(C(=O)N2CCCn3ccnc3C2C(C)C)c(=O)[nH]1. The lowest BCUT2D eigenvalue weighted by molar-refractivity contribution is 0.0620. The van der Waals surface area contributed by atoms with Gasteiger partial charge in [-0.2, -0.15) is 0 Å². The number of pyridine rings is 1. The molecule has 0 saturated heterocycles. The number of nitrogens with one attached hydrogen (secondary N) is 1. The zero-order valence-corrected chi connectivity index (χ0v) is 13.7. The number of hydrogen-bond donors (Lipinski definition) is 1. The standard InChI is InChI=1S/C17H22N4O2/c1-11(2)14-15-18-7-10-20(15)8-4-9-21(14)17(23)13-6-5-12(3)19-16(13)22/h5-7,10-11,14H,4,8-9H2,1-3H3,(H,19,22). The Labute approximate surface area is 135 Å². The summed E-state index contributed by atoms with van der Waals surface area (Å²) < 4.78 is 2.11. The molecule has 0 bridgehead atoms. The largest absolute Gasteiger partial charge is 0.333 e. The molecular formula is C17H22N4O2. The van der Waals surface area contributed by atoms with Gasteiger partial charge in [0.05, 0.1) is 6.04 Å². The highest BCUT2D eigenvalue weighted by Gasteiger charge is 2.34. The molecule has 122 valence electrons. The number of aryl methyl sites for hydroxylation is 2. The Balaban J connectivity index is 2.03. The van der Waals surface area contributed by atoms with Crippen LogP contribution >= 0.6 is 0 Å². The molecule has 1 aliphatic heterocycles. The summed E-state index contributed by atoms with van der Waals surface area (Å²) in [5.74, 6) is 0.888. The van der Waals surface area contributed by atoms with Gasteiger partial charge in [-0.05, 0) is 31.4 Å². The fourth-order valence-electron chi connectivity index (χ4n) is 3.25. The Kier molecular flexibility index (Phi) is 4.07. The highest BCUT2D eigenvalue weighted by atomic mass is 16.2. The molecule has 0 aromatic carbocycles. The number of aromatic amines is 1. The number of rotatable bonds is 2. The van der Waals surface area contributed by atoms with Crippen molar-refractivity contribution >= 4 is 5.91 Å². The van der Waals surface area contributed by atoms with Crippen molar-refractivity contribution in [2.75, 3.05) is 6.54 Å². The zero-order valence-electron chi connectivity index (χ0n) is 13.7. The molecule has 2 aromatic rings. The summed E-state index contributed by atoms with van der Waals surface area (Å²) in [6.45, 7) is 7.42. The minimum Gasteiger partial charge on any atom is -0.333 e. The van der Waals surface area contributed by atoms with E-state index >= 15 is 0 Å². The lowest BCUT2D eigenvalue weighted by Crippen LogP contribution is -2.40. The predicted molar refractivity (Wildman–Crippen MR) is 87.3 cm³/mol. The summed E-state index contributed by atoms with van der Waals surface area (Å²) >= 11 is 0. The molecule has 6 heteroatoms. The molecule has 23 heavy (non-hydrogen) atoms. The van der Waals surface area contributed by atoms with Gasteiger partial charge in [0, 0.05) is 31.2 Å². The van der Waals surface area contributed by atoms with Crippen molar-refractivity contribution in [3.8, 4) is 0 Å². The summed E-state index contributed by atoms with van der Waals surface area (Å²) in [4.78, 5) is 34.1. The Hall–Kier alpha value is -2.37. The van der Waals surface area contributed by atoms with Crippen molar-refractivity contribution in [1.29, 1.82) is 0 Å². The first-order valence-electron chi connectivity index (χ1n) is 8.01. The minimum absolute atomic E-state index is 0.124. The molecule has 0 saturated carbocycles. The first-order chi connectivity index (χ1) is 11.0. The van der Waals surface area contributed by atoms with Crippen LogP contribution in [0, 0.1) is 12.8 Å². The molecule has 1 aliphatic rings. The number of aromatic nitrogens is 3. The van der Waals surface area contributed by atoms with Gasteiger partial charge in [0.25, 0.3) is 11.5 Å². The van der Waals surface area contributed by atoms with E-state index in [1.54, 1.807) is 30.2 Å². The van der Waals surface area contributed by atoms with E-state index in [2.05, 4.69) is 28.4 Å². The van der Waals surface area contributed by atoms with Crippen LogP contribution in [0.15, 0.2) is 29.3 Å². The highest BCUT2D eigenvalue weighted by Crippen LogP contribution is 2.31. The van der Waals surface area contributed by atoms with E-state index in [1.165, 1.54) is 0 Å². The van der Waals surface area contributed by atoms with Crippen LogP contribution in [0.4, 0.5) is 0 Å². The van der Waals surface area contributed by atoms with Crippen LogP contribution in [-0.2, 0) is 6.54 Å². The summed E-state index contributed by atoms with van der Waals surface area (Å²) in [5, 5.41) is 0. The molecule has 1 amide bonds. The second-order valence-corrected chi connectivity index (χ2v) is 6.40. The number of carbonyl (C=O) groups excluding carboxylic acids is 1. The fraction of sp³-hybridized carbons (Fsp3) is 0.471. The number of imidazole rings is 1. The number of fused-ring (bicyclic) bond motifs is 1. The van der Waals surface area contributed by atoms with Crippen LogP contribution in [0.25, 0.3) is 0 Å². The molecule has 3 rings (SSSR count). The van der Waals surface area contributed by atoms with Gasteiger partial charge in [0.15, 0.2) is 0 Å². The molecule has 0 fully saturated rings. The monoisotopic (exact) mass is 314 g/mol. The lowest BCUT2D eigenvalue weighted by atomic mass is 10.0. The smallest absolute Gasteiger partial charge is 0.260 e. The maximum atomic E-state index is 13.0. The number of nitrogens with zero attached hydrogens (tertiary/aromatic N) is 3. The molecule has 1 atom stereocenters. The summed E-state index contributed by atoms with van der Waals surface area (Å²) in [6.07, 6.45) is 4.58. The summed E-state index contributed by atoms with van der Waals surface area (Å²) in [7, 11) is 0. The number of H-pyrrole nitrogens is 1. The maximum absolute atomic E-state index is 13.0. The van der Waals surface area contributed by atoms with Gasteiger partial charge in [-0.1, -0.05) is 13.8 Å². The van der Waals surface area contributed by atoms with E-state index < -0.39 is 0 Å². The molecule has 3 heterocycles. The number of amides is 1. The molecule has 1 unspecified atom stereocenters. The average molecular weight is 314 g/mol. The summed E-state index contributed by atoms with van der Waals surface area (Å²) in [5.41, 5.74) is 0.615. The van der Waals surface area contributed by atoms with E-state index in [9.17, 15) is 9.59 Å². The van der Waals surface area contributed by atoms with Crippen molar-refractivity contribution < 1.29 is 4.79 Å². The van der Waals surface area contributed by atoms with Crippen LogP contribution in [0.2, 0.25) is 0 Å². The van der Waals surface area contributed by atoms with Crippen molar-refractivity contribution in [3.05, 3.63) is 52.0 Å². The van der Waals surface area contributed by atoms with Gasteiger partial charge in [-0.25, -0.2) is 4.98 Å². The molecular weight excluding hydrogens is 292 g/mol. The minimum atomic E-state index is -0.329. The Morgan fingerprint density at radius 2 is 2.13 bits per heavy atom. The first-order valence-corrected chi connectivity index (χ1v) is 8.01. The van der Waals surface area contributed by atoms with Gasteiger partial charge < -0.3 is 14.5 Å². The Bertz CT molecular complexity index is 775. The first kappa shape index (κ1) is 15.5. The van der Waals surface area contributed by atoms with Gasteiger partial charge >= 0.3 is 0 Å². The molecule has 0 radical (unpaired) electrons. The van der Waals surface area contributed by atoms with Crippen LogP contribution in [-0.4, -0.2) is 31.9 Å².